The number of rotatable bonds is 11. The van der Waals surface area contributed by atoms with E-state index in [0.717, 1.165) is 12.1 Å². The minimum Gasteiger partial charge on any atom is -0.506 e. The van der Waals surface area contributed by atoms with E-state index in [2.05, 4.69) is 36.0 Å². The van der Waals surface area contributed by atoms with Crippen LogP contribution in [-0.4, -0.2) is 55.5 Å². The van der Waals surface area contributed by atoms with Gasteiger partial charge in [0.05, 0.1) is 27.6 Å². The third-order valence-electron chi connectivity index (χ3n) is 7.96. The Morgan fingerprint density at radius 1 is 0.554 bits per heavy atom. The van der Waals surface area contributed by atoms with Crippen LogP contribution in [0.25, 0.3) is 21.5 Å². The van der Waals surface area contributed by atoms with Crippen LogP contribution < -0.4 is 5.32 Å². The first kappa shape index (κ1) is 39.1. The molecule has 0 saturated carbocycles. The summed E-state index contributed by atoms with van der Waals surface area (Å²) in [5.41, 5.74) is 1.11. The van der Waals surface area contributed by atoms with E-state index in [1.165, 1.54) is 48.5 Å². The lowest BCUT2D eigenvalue weighted by molar-refractivity contribution is -0.105. The maximum atomic E-state index is 12.2. The van der Waals surface area contributed by atoms with Gasteiger partial charge in [0.25, 0.3) is 30.4 Å². The predicted molar refractivity (Wildman–Crippen MR) is 201 cm³/mol. The van der Waals surface area contributed by atoms with Gasteiger partial charge in [-0.25, -0.2) is 0 Å². The molecular weight excluding hydrogens is 795 g/mol. The number of anilines is 1. The predicted octanol–water partition coefficient (Wildman–Crippen LogP) is 8.27. The molecule has 6 aromatic rings. The van der Waals surface area contributed by atoms with Crippen molar-refractivity contribution in [1.29, 1.82) is 0 Å². The Morgan fingerprint density at radius 3 is 1.79 bits per heavy atom. The van der Waals surface area contributed by atoms with Crippen molar-refractivity contribution in [2.24, 2.45) is 30.7 Å². The van der Waals surface area contributed by atoms with Gasteiger partial charge in [0.15, 0.2) is 5.75 Å². The number of hydrogen-bond donors (Lipinski definition) is 6. The lowest BCUT2D eigenvalue weighted by atomic mass is 10.1. The van der Waals surface area contributed by atoms with Crippen molar-refractivity contribution >= 4 is 98.1 Å². The van der Waals surface area contributed by atoms with Crippen molar-refractivity contribution in [3.05, 3.63) is 96.6 Å². The van der Waals surface area contributed by atoms with Crippen LogP contribution in [-0.2, 0) is 35.1 Å². The molecular formula is C34H25N7O12S3. The summed E-state index contributed by atoms with van der Waals surface area (Å²) in [7, 11) is -14.6. The number of phenols is 2. The topological polar surface area (TPSA) is 307 Å². The molecule has 6 aromatic carbocycles. The second-order valence-electron chi connectivity index (χ2n) is 11.8. The van der Waals surface area contributed by atoms with E-state index >= 15 is 0 Å². The normalized spacial score (nSPS) is 12.7. The van der Waals surface area contributed by atoms with Crippen molar-refractivity contribution in [1.82, 2.24) is 0 Å². The number of fused-ring (bicyclic) bond motifs is 2. The van der Waals surface area contributed by atoms with Crippen molar-refractivity contribution < 1.29 is 53.9 Å². The highest BCUT2D eigenvalue weighted by Gasteiger charge is 2.23. The van der Waals surface area contributed by atoms with E-state index in [1.54, 1.807) is 31.2 Å². The molecule has 0 radical (unpaired) electrons. The average molecular weight is 820 g/mol. The van der Waals surface area contributed by atoms with Gasteiger partial charge in [-0.3, -0.25) is 18.5 Å². The fraction of sp³-hybridized carbons (Fsp3) is 0.0294. The molecule has 0 unspecified atom stereocenters. The highest BCUT2D eigenvalue weighted by molar-refractivity contribution is 7.87. The Morgan fingerprint density at radius 2 is 1.16 bits per heavy atom. The van der Waals surface area contributed by atoms with E-state index in [0.29, 0.717) is 35.1 Å². The van der Waals surface area contributed by atoms with Crippen LogP contribution in [0, 0.1) is 6.92 Å². The van der Waals surface area contributed by atoms with E-state index in [4.69, 9.17) is 0 Å². The van der Waals surface area contributed by atoms with E-state index in [1.807, 2.05) is 0 Å². The molecule has 0 saturated heterocycles. The molecule has 0 aliphatic rings. The fourth-order valence-corrected chi connectivity index (χ4v) is 7.29. The minimum absolute atomic E-state index is 0.0647. The molecule has 0 aromatic heterocycles. The van der Waals surface area contributed by atoms with Crippen molar-refractivity contribution in [2.75, 3.05) is 5.32 Å². The molecule has 0 aliphatic carbocycles. The van der Waals surface area contributed by atoms with Gasteiger partial charge in [0, 0.05) is 22.5 Å². The first-order valence-electron chi connectivity index (χ1n) is 15.5. The molecule has 0 spiro atoms. The lowest BCUT2D eigenvalue weighted by Crippen LogP contribution is -2.04. The summed E-state index contributed by atoms with van der Waals surface area (Å²) in [6.07, 6.45) is 0.409. The Balaban J connectivity index is 1.21. The van der Waals surface area contributed by atoms with Crippen LogP contribution in [0.5, 0.6) is 11.5 Å². The fourth-order valence-electron chi connectivity index (χ4n) is 5.29. The number of carbonyl (C=O) groups is 1. The third-order valence-corrected chi connectivity index (χ3v) is 10.6. The van der Waals surface area contributed by atoms with Gasteiger partial charge >= 0.3 is 0 Å². The number of aryl methyl sites for hydroxylation is 1. The SMILES string of the molecule is Cc1cc(N=Nc2c(S(=O)(=O)O)cc3cc(NC=O)ccc3c2O)c(O)cc1N=Nc1ccc(N=Nc2ccc3cc(S(=O)(=O)O)cc(S(=O)(=O)O)c3c2)cc1. The first-order valence-corrected chi connectivity index (χ1v) is 19.8. The van der Waals surface area contributed by atoms with Gasteiger partial charge in [-0.05, 0) is 102 Å². The van der Waals surface area contributed by atoms with Crippen LogP contribution in [0.1, 0.15) is 5.56 Å². The van der Waals surface area contributed by atoms with E-state index in [-0.39, 0.29) is 38.6 Å². The number of benzene rings is 6. The van der Waals surface area contributed by atoms with Gasteiger partial charge in [-0.15, -0.1) is 10.2 Å². The zero-order valence-corrected chi connectivity index (χ0v) is 30.7. The number of nitrogens with one attached hydrogen (secondary N) is 1. The third kappa shape index (κ3) is 8.54. The van der Waals surface area contributed by atoms with Gasteiger partial charge in [0.2, 0.25) is 6.41 Å². The van der Waals surface area contributed by atoms with Gasteiger partial charge < -0.3 is 15.5 Å². The number of aromatic hydroxyl groups is 2. The zero-order valence-electron chi connectivity index (χ0n) is 28.2. The monoisotopic (exact) mass is 819 g/mol. The summed E-state index contributed by atoms with van der Waals surface area (Å²) < 4.78 is 100. The Kier molecular flexibility index (Phi) is 10.4. The number of nitrogens with zero attached hydrogens (tertiary/aromatic N) is 6. The molecule has 0 fully saturated rings. The number of amides is 1. The smallest absolute Gasteiger partial charge is 0.296 e. The summed E-state index contributed by atoms with van der Waals surface area (Å²) in [4.78, 5) is 8.56. The molecule has 0 heterocycles. The van der Waals surface area contributed by atoms with Crippen LogP contribution >= 0.6 is 0 Å². The van der Waals surface area contributed by atoms with E-state index in [9.17, 15) is 53.9 Å². The number of phenolic OH excluding ortho intramolecular Hbond substituents is 2. The first-order chi connectivity index (χ1) is 26.3. The quantitative estimate of drug-likeness (QED) is 0.0409. The van der Waals surface area contributed by atoms with Gasteiger partial charge in [-0.2, -0.15) is 45.7 Å². The lowest BCUT2D eigenvalue weighted by Gasteiger charge is -2.10. The standard InChI is InChI=1S/C34H25N7O12S3/c1-18-10-29(40-41-33-32(56(51,52)53)13-20-11-23(35-17-42)8-9-26(20)34(33)44)30(43)16-28(18)39-37-22-6-4-21(5-7-22)36-38-24-3-2-19-12-25(54(45,46)47)15-31(27(19)14-24)55(48,49)50/h2-17,43-44H,1H3,(H,35,42)(H,45,46,47)(H,48,49,50)(H,51,52,53). The highest BCUT2D eigenvalue weighted by atomic mass is 32.2. The van der Waals surface area contributed by atoms with Crippen molar-refractivity contribution in [3.63, 3.8) is 0 Å². The minimum atomic E-state index is -4.93. The Labute approximate surface area is 316 Å². The maximum Gasteiger partial charge on any atom is 0.296 e. The summed E-state index contributed by atoms with van der Waals surface area (Å²) >= 11 is 0. The molecule has 0 aliphatic heterocycles. The molecule has 0 bridgehead atoms. The van der Waals surface area contributed by atoms with Crippen LogP contribution in [0.15, 0.2) is 136 Å². The number of azo groups is 3. The molecule has 56 heavy (non-hydrogen) atoms. The summed E-state index contributed by atoms with van der Waals surface area (Å²) in [5.74, 6) is -1.06. The summed E-state index contributed by atoms with van der Waals surface area (Å²) in [6, 6.07) is 19.7. The molecule has 286 valence electrons. The van der Waals surface area contributed by atoms with E-state index < -0.39 is 62.2 Å². The molecule has 0 atom stereocenters. The number of hydrogen-bond acceptors (Lipinski definition) is 15. The van der Waals surface area contributed by atoms with Gasteiger partial charge in [-0.1, -0.05) is 6.07 Å². The highest BCUT2D eigenvalue weighted by Crippen LogP contribution is 2.43. The maximum absolute atomic E-state index is 12.2. The van der Waals surface area contributed by atoms with Crippen LogP contribution in [0.3, 0.4) is 0 Å². The molecule has 6 rings (SSSR count). The summed E-state index contributed by atoms with van der Waals surface area (Å²) in [6.45, 7) is 1.62. The molecule has 22 heteroatoms. The molecule has 6 N–H and O–H groups in total. The Hall–Kier alpha value is -6.56. The molecule has 19 nitrogen and oxygen atoms in total. The second kappa shape index (κ2) is 14.9. The largest absolute Gasteiger partial charge is 0.506 e. The van der Waals surface area contributed by atoms with Crippen LogP contribution in [0.4, 0.5) is 39.8 Å². The van der Waals surface area contributed by atoms with Gasteiger partial charge in [0.1, 0.15) is 26.9 Å². The summed E-state index contributed by atoms with van der Waals surface area (Å²) in [5, 5.41) is 48.4. The second-order valence-corrected chi connectivity index (χ2v) is 16.0. The average Bonchev–Trinajstić information content (AvgIpc) is 3.12. The van der Waals surface area contributed by atoms with Crippen molar-refractivity contribution in [2.45, 2.75) is 21.6 Å². The zero-order chi connectivity index (χ0) is 40.6. The van der Waals surface area contributed by atoms with Crippen molar-refractivity contribution in [3.8, 4) is 11.5 Å². The molecule has 1 amide bonds. The number of carbonyl (C=O) groups excluding carboxylic acids is 1. The van der Waals surface area contributed by atoms with Crippen LogP contribution in [0.2, 0.25) is 0 Å². The Bertz CT molecular complexity index is 3030.